The highest BCUT2D eigenvalue weighted by atomic mass is 15.2. The minimum Gasteiger partial charge on any atom is -0.299 e. The molecular formula is C56H69N4+. The molecule has 0 bridgehead atoms. The second-order valence-corrected chi connectivity index (χ2v) is 19.4. The Bertz CT molecular complexity index is 2540. The zero-order chi connectivity index (χ0) is 43.2. The molecule has 6 aromatic rings. The molecule has 8 rings (SSSR count). The lowest BCUT2D eigenvalue weighted by Gasteiger charge is -2.31. The Morgan fingerprint density at radius 2 is 1.32 bits per heavy atom. The first kappa shape index (κ1) is 42.9. The van der Waals surface area contributed by atoms with E-state index in [1.165, 1.54) is 78.4 Å². The van der Waals surface area contributed by atoms with Gasteiger partial charge in [-0.2, -0.15) is 4.57 Å². The normalized spacial score (nSPS) is 15.5. The van der Waals surface area contributed by atoms with Crippen molar-refractivity contribution in [3.05, 3.63) is 161 Å². The second kappa shape index (κ2) is 17.0. The molecule has 2 aromatic heterocycles. The van der Waals surface area contributed by atoms with Crippen molar-refractivity contribution in [1.82, 2.24) is 14.1 Å². The summed E-state index contributed by atoms with van der Waals surface area (Å²) in [5, 5.41) is 0. The van der Waals surface area contributed by atoms with E-state index >= 15 is 0 Å². The van der Waals surface area contributed by atoms with Crippen LogP contribution in [0.2, 0.25) is 0 Å². The summed E-state index contributed by atoms with van der Waals surface area (Å²) in [4.78, 5) is 4.86. The van der Waals surface area contributed by atoms with Crippen LogP contribution in [-0.2, 0) is 5.41 Å². The number of aromatic nitrogens is 4. The average Bonchev–Trinajstić information content (AvgIpc) is 3.93. The fourth-order valence-corrected chi connectivity index (χ4v) is 9.84. The number of hydrogen-bond donors (Lipinski definition) is 0. The van der Waals surface area contributed by atoms with Crippen LogP contribution < -0.4 is 4.57 Å². The summed E-state index contributed by atoms with van der Waals surface area (Å²) in [6, 6.07) is 27.3. The van der Waals surface area contributed by atoms with Crippen molar-refractivity contribution in [1.29, 1.82) is 0 Å². The van der Waals surface area contributed by atoms with Crippen LogP contribution in [0.15, 0.2) is 116 Å². The lowest BCUT2D eigenvalue weighted by atomic mass is 9.76. The van der Waals surface area contributed by atoms with Crippen molar-refractivity contribution >= 4 is 5.57 Å². The van der Waals surface area contributed by atoms with Gasteiger partial charge in [-0.15, -0.1) is 0 Å². The Morgan fingerprint density at radius 3 is 1.92 bits per heavy atom. The Balaban J connectivity index is 0.000000186. The van der Waals surface area contributed by atoms with Gasteiger partial charge in [-0.1, -0.05) is 155 Å². The third-order valence-electron chi connectivity index (χ3n) is 12.9. The second-order valence-electron chi connectivity index (χ2n) is 19.4. The van der Waals surface area contributed by atoms with Gasteiger partial charge in [0.2, 0.25) is 0 Å². The first-order valence-corrected chi connectivity index (χ1v) is 22.6. The van der Waals surface area contributed by atoms with Crippen molar-refractivity contribution < 1.29 is 4.57 Å². The molecule has 1 atom stereocenters. The monoisotopic (exact) mass is 798 g/mol. The number of hydrogen-bond acceptors (Lipinski definition) is 1. The Hall–Kier alpha value is -5.22. The van der Waals surface area contributed by atoms with Gasteiger partial charge in [-0.3, -0.25) is 4.57 Å². The third-order valence-corrected chi connectivity index (χ3v) is 12.9. The molecule has 0 N–H and O–H groups in total. The van der Waals surface area contributed by atoms with Gasteiger partial charge in [-0.05, 0) is 108 Å². The van der Waals surface area contributed by atoms with E-state index < -0.39 is 0 Å². The first-order valence-electron chi connectivity index (χ1n) is 22.6. The maximum atomic E-state index is 4.86. The summed E-state index contributed by atoms with van der Waals surface area (Å²) < 4.78 is 7.19. The molecule has 4 nitrogen and oxygen atoms in total. The van der Waals surface area contributed by atoms with Crippen molar-refractivity contribution in [3.8, 4) is 33.9 Å². The third kappa shape index (κ3) is 7.68. The van der Waals surface area contributed by atoms with Crippen LogP contribution in [-0.4, -0.2) is 14.1 Å². The SMILES string of the molecule is CC1C=C(c2nccn2-c2c(C(C)C)cc3c(c2C(C)C)C(C)(C)c2ccccc2-3)C=CC1.Cc1ccccc1-c1n(-c2c(C(C)C)cccc2C(C)C)cc[n+]1C(C)C. The maximum Gasteiger partial charge on any atom is 0.294 e. The van der Waals surface area contributed by atoms with Crippen LogP contribution in [0.25, 0.3) is 39.5 Å². The van der Waals surface area contributed by atoms with E-state index in [-0.39, 0.29) is 5.41 Å². The number of fused-ring (bicyclic) bond motifs is 3. The van der Waals surface area contributed by atoms with E-state index in [4.69, 9.17) is 4.98 Å². The van der Waals surface area contributed by atoms with Gasteiger partial charge in [-0.25, -0.2) is 9.55 Å². The lowest BCUT2D eigenvalue weighted by molar-refractivity contribution is -0.704. The molecule has 2 heterocycles. The summed E-state index contributed by atoms with van der Waals surface area (Å²) in [5.41, 5.74) is 17.9. The highest BCUT2D eigenvalue weighted by Gasteiger charge is 2.40. The summed E-state index contributed by atoms with van der Waals surface area (Å²) in [6.45, 7) is 32.3. The molecule has 2 aliphatic carbocycles. The number of aryl methyl sites for hydroxylation is 1. The molecule has 60 heavy (non-hydrogen) atoms. The molecule has 0 saturated carbocycles. The predicted octanol–water partition coefficient (Wildman–Crippen LogP) is 15.0. The van der Waals surface area contributed by atoms with Crippen LogP contribution in [0, 0.1) is 12.8 Å². The summed E-state index contributed by atoms with van der Waals surface area (Å²) in [5.74, 6) is 4.59. The minimum absolute atomic E-state index is 0.0327. The van der Waals surface area contributed by atoms with Gasteiger partial charge in [0.05, 0.1) is 17.3 Å². The molecule has 312 valence electrons. The van der Waals surface area contributed by atoms with Crippen LogP contribution in [0.5, 0.6) is 0 Å². The van der Waals surface area contributed by atoms with Gasteiger partial charge < -0.3 is 0 Å². The van der Waals surface area contributed by atoms with E-state index in [1.807, 2.05) is 6.20 Å². The van der Waals surface area contributed by atoms with Crippen molar-refractivity contribution in [3.63, 3.8) is 0 Å². The Kier molecular flexibility index (Phi) is 12.2. The molecule has 4 aromatic carbocycles. The zero-order valence-corrected chi connectivity index (χ0v) is 38.9. The van der Waals surface area contributed by atoms with Crippen molar-refractivity contribution in [2.75, 3.05) is 0 Å². The molecule has 0 spiro atoms. The van der Waals surface area contributed by atoms with Gasteiger partial charge in [0.25, 0.3) is 5.82 Å². The predicted molar refractivity (Wildman–Crippen MR) is 255 cm³/mol. The number of benzene rings is 4. The van der Waals surface area contributed by atoms with Gasteiger partial charge in [0, 0.05) is 34.5 Å². The zero-order valence-electron chi connectivity index (χ0n) is 38.9. The molecular weight excluding hydrogens is 729 g/mol. The van der Waals surface area contributed by atoms with Gasteiger partial charge in [0.15, 0.2) is 0 Å². The standard InChI is InChI=1S/C31H36N2.C25H33N2/c1-19(2)24-18-25-23-13-8-9-14-26(23)31(6,7)28(25)27(20(3)4)29(24)33-16-15-32-30(33)22-12-10-11-21(5)17-22;1-17(2)21-13-10-14-22(18(3)4)24(21)27-16-15-26(19(5)6)25(27)23-12-9-8-11-20(23)7/h8-10,12-21H,11H2,1-7H3;8-19H,1-7H3/q;+1. The summed E-state index contributed by atoms with van der Waals surface area (Å²) in [6.07, 6.45) is 16.6. The molecule has 0 fully saturated rings. The number of rotatable bonds is 9. The first-order chi connectivity index (χ1) is 28.5. The fraction of sp³-hybridized carbons (Fsp3) is 0.393. The molecule has 1 unspecified atom stereocenters. The van der Waals surface area contributed by atoms with E-state index in [0.717, 1.165) is 12.2 Å². The number of para-hydroxylation sites is 1. The molecule has 0 aliphatic heterocycles. The molecule has 4 heteroatoms. The lowest BCUT2D eigenvalue weighted by Crippen LogP contribution is -2.37. The molecule has 0 radical (unpaired) electrons. The van der Waals surface area contributed by atoms with E-state index in [2.05, 4.69) is 220 Å². The van der Waals surface area contributed by atoms with E-state index in [0.29, 0.717) is 35.6 Å². The fourth-order valence-electron chi connectivity index (χ4n) is 9.84. The Labute approximate surface area is 361 Å². The maximum absolute atomic E-state index is 4.86. The summed E-state index contributed by atoms with van der Waals surface area (Å²) in [7, 11) is 0. The van der Waals surface area contributed by atoms with E-state index in [1.54, 1.807) is 0 Å². The van der Waals surface area contributed by atoms with Crippen LogP contribution >= 0.6 is 0 Å². The largest absolute Gasteiger partial charge is 0.299 e. The molecule has 2 aliphatic rings. The summed E-state index contributed by atoms with van der Waals surface area (Å²) >= 11 is 0. The highest BCUT2D eigenvalue weighted by molar-refractivity contribution is 5.85. The Morgan fingerprint density at radius 1 is 0.683 bits per heavy atom. The van der Waals surface area contributed by atoms with Crippen molar-refractivity contribution in [2.45, 2.75) is 138 Å². The van der Waals surface area contributed by atoms with Crippen molar-refractivity contribution in [2.24, 2.45) is 5.92 Å². The average molecular weight is 798 g/mol. The number of nitrogens with zero attached hydrogens (tertiary/aromatic N) is 4. The number of imidazole rings is 2. The number of allylic oxidation sites excluding steroid dienone is 4. The van der Waals surface area contributed by atoms with Gasteiger partial charge in [0.1, 0.15) is 23.9 Å². The smallest absolute Gasteiger partial charge is 0.294 e. The molecule has 0 amide bonds. The van der Waals surface area contributed by atoms with E-state index in [9.17, 15) is 0 Å². The molecule has 0 saturated heterocycles. The minimum atomic E-state index is -0.0327. The highest BCUT2D eigenvalue weighted by Crippen LogP contribution is 2.54. The van der Waals surface area contributed by atoms with Crippen LogP contribution in [0.3, 0.4) is 0 Å². The van der Waals surface area contributed by atoms with Crippen LogP contribution in [0.1, 0.15) is 171 Å². The quantitative estimate of drug-likeness (QED) is 0.134. The topological polar surface area (TPSA) is 26.6 Å². The van der Waals surface area contributed by atoms with Gasteiger partial charge >= 0.3 is 0 Å². The van der Waals surface area contributed by atoms with Crippen LogP contribution in [0.4, 0.5) is 0 Å².